The molecule has 5 heteroatoms. The van der Waals surface area contributed by atoms with Gasteiger partial charge >= 0.3 is 0 Å². The number of nitrogens with one attached hydrogen (secondary N) is 1. The van der Waals surface area contributed by atoms with Crippen LogP contribution in [0.3, 0.4) is 0 Å². The predicted octanol–water partition coefficient (Wildman–Crippen LogP) is 2.84. The molecular formula is C14H16BrFN2O. The fourth-order valence-electron chi connectivity index (χ4n) is 2.50. The van der Waals surface area contributed by atoms with Gasteiger partial charge in [0.1, 0.15) is 5.82 Å². The van der Waals surface area contributed by atoms with Crippen LogP contribution in [0.2, 0.25) is 0 Å². The second-order valence-corrected chi connectivity index (χ2v) is 6.08. The highest BCUT2D eigenvalue weighted by atomic mass is 79.9. The van der Waals surface area contributed by atoms with E-state index in [0.717, 1.165) is 30.2 Å². The first kappa shape index (κ1) is 13.1. The van der Waals surface area contributed by atoms with Crippen molar-refractivity contribution in [3.63, 3.8) is 0 Å². The molecule has 0 aromatic heterocycles. The molecule has 0 bridgehead atoms. The van der Waals surface area contributed by atoms with E-state index in [2.05, 4.69) is 21.2 Å². The third-order valence-corrected chi connectivity index (χ3v) is 4.32. The number of carbonyl (C=O) groups excluding carboxylic acids is 1. The lowest BCUT2D eigenvalue weighted by atomic mass is 10.0. The molecule has 2 fully saturated rings. The van der Waals surface area contributed by atoms with Gasteiger partial charge in [-0.15, -0.1) is 0 Å². The van der Waals surface area contributed by atoms with Crippen LogP contribution < -0.4 is 10.2 Å². The van der Waals surface area contributed by atoms with E-state index in [1.807, 2.05) is 0 Å². The van der Waals surface area contributed by atoms with Crippen molar-refractivity contribution in [2.75, 3.05) is 11.4 Å². The van der Waals surface area contributed by atoms with E-state index < -0.39 is 0 Å². The van der Waals surface area contributed by atoms with E-state index in [1.54, 1.807) is 11.0 Å². The number of hydrogen-bond acceptors (Lipinski definition) is 2. The Morgan fingerprint density at radius 2 is 2.11 bits per heavy atom. The molecule has 1 aromatic rings. The Bertz CT molecular complexity index is 504. The Morgan fingerprint density at radius 3 is 2.84 bits per heavy atom. The molecule has 1 aliphatic carbocycles. The van der Waals surface area contributed by atoms with Crippen molar-refractivity contribution in [1.29, 1.82) is 0 Å². The largest absolute Gasteiger partial charge is 0.310 e. The minimum Gasteiger partial charge on any atom is -0.310 e. The van der Waals surface area contributed by atoms with Gasteiger partial charge in [-0.2, -0.15) is 0 Å². The molecule has 1 saturated carbocycles. The van der Waals surface area contributed by atoms with Crippen molar-refractivity contribution in [3.05, 3.63) is 28.5 Å². The van der Waals surface area contributed by atoms with Crippen molar-refractivity contribution in [1.82, 2.24) is 5.32 Å². The normalized spacial score (nSPS) is 23.8. The van der Waals surface area contributed by atoms with Crippen molar-refractivity contribution >= 4 is 27.5 Å². The van der Waals surface area contributed by atoms with Gasteiger partial charge in [-0.3, -0.25) is 4.79 Å². The van der Waals surface area contributed by atoms with E-state index in [4.69, 9.17) is 0 Å². The third kappa shape index (κ3) is 2.82. The van der Waals surface area contributed by atoms with Gasteiger partial charge in [0.2, 0.25) is 5.91 Å². The van der Waals surface area contributed by atoms with Crippen molar-refractivity contribution in [2.45, 2.75) is 37.8 Å². The SMILES string of the molecule is O=C1C(NC2CC2)CCCN1c1cc(F)ccc1Br. The van der Waals surface area contributed by atoms with E-state index in [9.17, 15) is 9.18 Å². The van der Waals surface area contributed by atoms with Gasteiger partial charge in [-0.05, 0) is 59.8 Å². The summed E-state index contributed by atoms with van der Waals surface area (Å²) >= 11 is 3.40. The Morgan fingerprint density at radius 1 is 1.32 bits per heavy atom. The molecule has 1 aromatic carbocycles. The highest BCUT2D eigenvalue weighted by Crippen LogP contribution is 2.31. The Balaban J connectivity index is 1.82. The fraction of sp³-hybridized carbons (Fsp3) is 0.500. The van der Waals surface area contributed by atoms with Crippen molar-refractivity contribution < 1.29 is 9.18 Å². The second kappa shape index (κ2) is 5.21. The maximum absolute atomic E-state index is 13.4. The summed E-state index contributed by atoms with van der Waals surface area (Å²) in [7, 11) is 0. The maximum atomic E-state index is 13.4. The first-order chi connectivity index (χ1) is 9.15. The van der Waals surface area contributed by atoms with Crippen LogP contribution in [0.15, 0.2) is 22.7 Å². The van der Waals surface area contributed by atoms with E-state index in [-0.39, 0.29) is 17.8 Å². The summed E-state index contributed by atoms with van der Waals surface area (Å²) in [5, 5.41) is 3.38. The number of halogens is 2. The summed E-state index contributed by atoms with van der Waals surface area (Å²) in [6, 6.07) is 4.85. The summed E-state index contributed by atoms with van der Waals surface area (Å²) in [6.07, 6.45) is 4.14. The number of carbonyl (C=O) groups is 1. The monoisotopic (exact) mass is 326 g/mol. The molecule has 2 aliphatic rings. The minimum atomic E-state index is -0.316. The summed E-state index contributed by atoms with van der Waals surface area (Å²) < 4.78 is 14.1. The van der Waals surface area contributed by atoms with Crippen molar-refractivity contribution in [2.24, 2.45) is 0 Å². The van der Waals surface area contributed by atoms with Crippen LogP contribution in [0.1, 0.15) is 25.7 Å². The Labute approximate surface area is 120 Å². The molecule has 1 aliphatic heterocycles. The lowest BCUT2D eigenvalue weighted by molar-refractivity contribution is -0.121. The van der Waals surface area contributed by atoms with Gasteiger partial charge in [0.15, 0.2) is 0 Å². The zero-order valence-corrected chi connectivity index (χ0v) is 12.1. The number of rotatable bonds is 3. The van der Waals surface area contributed by atoms with Crippen LogP contribution in [0, 0.1) is 5.82 Å². The molecule has 1 amide bonds. The molecule has 102 valence electrons. The second-order valence-electron chi connectivity index (χ2n) is 5.22. The van der Waals surface area contributed by atoms with Crippen LogP contribution in [0.4, 0.5) is 10.1 Å². The average Bonchev–Trinajstić information content (AvgIpc) is 3.19. The predicted molar refractivity (Wildman–Crippen MR) is 75.6 cm³/mol. The third-order valence-electron chi connectivity index (χ3n) is 3.65. The quantitative estimate of drug-likeness (QED) is 0.926. The number of nitrogens with zero attached hydrogens (tertiary/aromatic N) is 1. The first-order valence-corrected chi connectivity index (χ1v) is 7.47. The topological polar surface area (TPSA) is 32.3 Å². The molecule has 1 N–H and O–H groups in total. The summed E-state index contributed by atoms with van der Waals surface area (Å²) in [6.45, 7) is 0.656. The smallest absolute Gasteiger partial charge is 0.244 e. The molecule has 1 atom stereocenters. The molecule has 1 heterocycles. The van der Waals surface area contributed by atoms with Gasteiger partial charge < -0.3 is 10.2 Å². The number of piperidine rings is 1. The molecule has 0 spiro atoms. The van der Waals surface area contributed by atoms with E-state index in [1.165, 1.54) is 12.1 Å². The number of hydrogen-bond donors (Lipinski definition) is 1. The number of amides is 1. The number of benzene rings is 1. The molecule has 3 nitrogen and oxygen atoms in total. The van der Waals surface area contributed by atoms with Gasteiger partial charge in [0, 0.05) is 17.1 Å². The molecule has 1 unspecified atom stereocenters. The van der Waals surface area contributed by atoms with Crippen LogP contribution in [0.5, 0.6) is 0 Å². The zero-order chi connectivity index (χ0) is 13.4. The van der Waals surface area contributed by atoms with E-state index in [0.29, 0.717) is 18.3 Å². The number of anilines is 1. The standard InChI is InChI=1S/C14H16BrFN2O/c15-11-6-3-9(16)8-13(11)18-7-1-2-12(14(18)19)17-10-4-5-10/h3,6,8,10,12,17H,1-2,4-5,7H2. The molecular weight excluding hydrogens is 311 g/mol. The lowest BCUT2D eigenvalue weighted by Gasteiger charge is -2.33. The highest BCUT2D eigenvalue weighted by molar-refractivity contribution is 9.10. The first-order valence-electron chi connectivity index (χ1n) is 6.67. The molecule has 19 heavy (non-hydrogen) atoms. The molecule has 1 saturated heterocycles. The van der Waals surface area contributed by atoms with Crippen LogP contribution in [-0.4, -0.2) is 24.5 Å². The van der Waals surface area contributed by atoms with E-state index >= 15 is 0 Å². The summed E-state index contributed by atoms with van der Waals surface area (Å²) in [4.78, 5) is 14.2. The molecule has 3 rings (SSSR count). The lowest BCUT2D eigenvalue weighted by Crippen LogP contribution is -2.51. The maximum Gasteiger partial charge on any atom is 0.244 e. The van der Waals surface area contributed by atoms with Crippen LogP contribution in [-0.2, 0) is 4.79 Å². The summed E-state index contributed by atoms with van der Waals surface area (Å²) in [5.74, 6) is -0.257. The summed E-state index contributed by atoms with van der Waals surface area (Å²) in [5.41, 5.74) is 0.632. The Hall–Kier alpha value is -0.940. The average molecular weight is 327 g/mol. The van der Waals surface area contributed by atoms with Gasteiger partial charge in [-0.25, -0.2) is 4.39 Å². The van der Waals surface area contributed by atoms with Crippen LogP contribution in [0.25, 0.3) is 0 Å². The zero-order valence-electron chi connectivity index (χ0n) is 10.5. The van der Waals surface area contributed by atoms with Crippen LogP contribution >= 0.6 is 15.9 Å². The van der Waals surface area contributed by atoms with Crippen molar-refractivity contribution in [3.8, 4) is 0 Å². The van der Waals surface area contributed by atoms with Gasteiger partial charge in [0.05, 0.1) is 11.7 Å². The van der Waals surface area contributed by atoms with Gasteiger partial charge in [0.25, 0.3) is 0 Å². The van der Waals surface area contributed by atoms with Gasteiger partial charge in [-0.1, -0.05) is 0 Å². The fourth-order valence-corrected chi connectivity index (χ4v) is 2.96. The molecule has 0 radical (unpaired) electrons. The minimum absolute atomic E-state index is 0.0597. The highest BCUT2D eigenvalue weighted by Gasteiger charge is 2.34. The Kier molecular flexibility index (Phi) is 3.58.